The summed E-state index contributed by atoms with van der Waals surface area (Å²) >= 11 is 3.40. The number of rotatable bonds is 5. The van der Waals surface area contributed by atoms with Crippen LogP contribution in [0.5, 0.6) is 11.5 Å². The molecule has 98 valence electrons. The maximum atomic E-state index is 11.2. The van der Waals surface area contributed by atoms with Crippen molar-refractivity contribution >= 4 is 28.0 Å². The van der Waals surface area contributed by atoms with E-state index in [0.717, 1.165) is 10.0 Å². The van der Waals surface area contributed by atoms with Crippen LogP contribution >= 0.6 is 15.9 Å². The molecule has 0 aliphatic carbocycles. The second-order valence-corrected chi connectivity index (χ2v) is 4.17. The zero-order chi connectivity index (χ0) is 13.5. The van der Waals surface area contributed by atoms with E-state index in [9.17, 15) is 4.79 Å². The fourth-order valence-electron chi connectivity index (χ4n) is 1.35. The Labute approximate surface area is 115 Å². The molecule has 0 saturated carbocycles. The van der Waals surface area contributed by atoms with Gasteiger partial charge in [0.25, 0.3) is 0 Å². The Morgan fingerprint density at radius 1 is 1.28 bits per heavy atom. The zero-order valence-corrected chi connectivity index (χ0v) is 12.1. The first-order valence-corrected chi connectivity index (χ1v) is 6.18. The van der Waals surface area contributed by atoms with Gasteiger partial charge in [0.15, 0.2) is 11.5 Å². The van der Waals surface area contributed by atoms with Gasteiger partial charge in [0.1, 0.15) is 0 Å². The van der Waals surface area contributed by atoms with Gasteiger partial charge in [-0.15, -0.1) is 0 Å². The van der Waals surface area contributed by atoms with Crippen LogP contribution in [0.25, 0.3) is 6.08 Å². The third-order valence-corrected chi connectivity index (χ3v) is 2.88. The van der Waals surface area contributed by atoms with Gasteiger partial charge in [0.05, 0.1) is 20.8 Å². The molecule has 18 heavy (non-hydrogen) atoms. The largest absolute Gasteiger partial charge is 0.493 e. The quantitative estimate of drug-likeness (QED) is 0.619. The highest BCUT2D eigenvalue weighted by Crippen LogP contribution is 2.33. The van der Waals surface area contributed by atoms with Gasteiger partial charge in [0, 0.05) is 10.5 Å². The summed E-state index contributed by atoms with van der Waals surface area (Å²) in [6, 6.07) is 3.56. The number of esters is 1. The molecule has 0 atom stereocenters. The van der Waals surface area contributed by atoms with Crippen LogP contribution in [0.4, 0.5) is 0 Å². The van der Waals surface area contributed by atoms with Gasteiger partial charge in [-0.25, -0.2) is 4.79 Å². The number of hydrogen-bond donors (Lipinski definition) is 0. The summed E-state index contributed by atoms with van der Waals surface area (Å²) in [5, 5.41) is 0. The predicted octanol–water partition coefficient (Wildman–Crippen LogP) is 3.04. The van der Waals surface area contributed by atoms with Crippen molar-refractivity contribution in [2.24, 2.45) is 0 Å². The van der Waals surface area contributed by atoms with Crippen molar-refractivity contribution < 1.29 is 19.0 Å². The number of halogens is 1. The summed E-state index contributed by atoms with van der Waals surface area (Å²) in [5.74, 6) is 0.848. The molecule has 0 spiro atoms. The third-order valence-electron chi connectivity index (χ3n) is 2.19. The second-order valence-electron chi connectivity index (χ2n) is 3.31. The molecule has 0 aliphatic heterocycles. The van der Waals surface area contributed by atoms with E-state index >= 15 is 0 Å². The highest BCUT2D eigenvalue weighted by Gasteiger charge is 2.08. The second kappa shape index (κ2) is 7.06. The van der Waals surface area contributed by atoms with E-state index in [1.165, 1.54) is 6.08 Å². The standard InChI is InChI=1S/C13H15BrO4/c1-4-18-13(15)6-5-9-7-11(16-2)12(17-3)8-10(9)14/h5-8H,4H2,1-3H3. The van der Waals surface area contributed by atoms with E-state index in [0.29, 0.717) is 18.1 Å². The molecule has 4 nitrogen and oxygen atoms in total. The SMILES string of the molecule is CCOC(=O)C=Cc1cc(OC)c(OC)cc1Br. The van der Waals surface area contributed by atoms with E-state index in [1.54, 1.807) is 39.4 Å². The van der Waals surface area contributed by atoms with Crippen molar-refractivity contribution in [3.05, 3.63) is 28.2 Å². The molecule has 0 bridgehead atoms. The van der Waals surface area contributed by atoms with E-state index in [4.69, 9.17) is 14.2 Å². The van der Waals surface area contributed by atoms with Crippen LogP contribution in [0.3, 0.4) is 0 Å². The van der Waals surface area contributed by atoms with Crippen molar-refractivity contribution in [1.82, 2.24) is 0 Å². The van der Waals surface area contributed by atoms with Gasteiger partial charge < -0.3 is 14.2 Å². The topological polar surface area (TPSA) is 44.8 Å². The van der Waals surface area contributed by atoms with Crippen molar-refractivity contribution in [3.63, 3.8) is 0 Å². The molecular weight excluding hydrogens is 300 g/mol. The summed E-state index contributed by atoms with van der Waals surface area (Å²) in [6.07, 6.45) is 3.03. The number of carbonyl (C=O) groups excluding carboxylic acids is 1. The van der Waals surface area contributed by atoms with Crippen LogP contribution in [0.15, 0.2) is 22.7 Å². The lowest BCUT2D eigenvalue weighted by atomic mass is 10.2. The maximum absolute atomic E-state index is 11.2. The Morgan fingerprint density at radius 3 is 2.44 bits per heavy atom. The minimum atomic E-state index is -0.376. The number of ether oxygens (including phenoxy) is 3. The van der Waals surface area contributed by atoms with Crippen LogP contribution in [-0.4, -0.2) is 26.8 Å². The van der Waals surface area contributed by atoms with Gasteiger partial charge in [-0.05, 0) is 30.7 Å². The Kier molecular flexibility index (Phi) is 5.71. The minimum Gasteiger partial charge on any atom is -0.493 e. The molecule has 0 aromatic heterocycles. The Bertz CT molecular complexity index is 455. The molecule has 1 rings (SSSR count). The van der Waals surface area contributed by atoms with Gasteiger partial charge in [-0.1, -0.05) is 15.9 Å². The molecule has 1 aromatic rings. The van der Waals surface area contributed by atoms with Gasteiger partial charge in [-0.2, -0.15) is 0 Å². The molecule has 0 unspecified atom stereocenters. The third kappa shape index (κ3) is 3.77. The van der Waals surface area contributed by atoms with Gasteiger partial charge in [-0.3, -0.25) is 0 Å². The van der Waals surface area contributed by atoms with E-state index in [-0.39, 0.29) is 5.97 Å². The van der Waals surface area contributed by atoms with Crippen molar-refractivity contribution in [3.8, 4) is 11.5 Å². The minimum absolute atomic E-state index is 0.357. The van der Waals surface area contributed by atoms with E-state index in [1.807, 2.05) is 0 Å². The molecule has 0 fully saturated rings. The maximum Gasteiger partial charge on any atom is 0.330 e. The molecule has 1 aromatic carbocycles. The number of hydrogen-bond acceptors (Lipinski definition) is 4. The van der Waals surface area contributed by atoms with E-state index < -0.39 is 0 Å². The first-order valence-electron chi connectivity index (χ1n) is 5.38. The average Bonchev–Trinajstić information content (AvgIpc) is 2.37. The highest BCUT2D eigenvalue weighted by atomic mass is 79.9. The Hall–Kier alpha value is -1.49. The van der Waals surface area contributed by atoms with Crippen LogP contribution in [0, 0.1) is 0 Å². The first-order chi connectivity index (χ1) is 8.62. The monoisotopic (exact) mass is 314 g/mol. The summed E-state index contributed by atoms with van der Waals surface area (Å²) in [4.78, 5) is 11.2. The fourth-order valence-corrected chi connectivity index (χ4v) is 1.80. The molecule has 0 N–H and O–H groups in total. The summed E-state index contributed by atoms with van der Waals surface area (Å²) in [6.45, 7) is 2.12. The molecule has 0 heterocycles. The van der Waals surface area contributed by atoms with E-state index in [2.05, 4.69) is 15.9 Å². The van der Waals surface area contributed by atoms with Gasteiger partial charge >= 0.3 is 5.97 Å². The Balaban J connectivity index is 2.99. The van der Waals surface area contributed by atoms with Crippen LogP contribution in [0.2, 0.25) is 0 Å². The average molecular weight is 315 g/mol. The molecular formula is C13H15BrO4. The molecule has 0 amide bonds. The summed E-state index contributed by atoms with van der Waals surface area (Å²) in [5.41, 5.74) is 0.806. The normalized spacial score (nSPS) is 10.4. The number of benzene rings is 1. The number of carbonyl (C=O) groups is 1. The molecule has 5 heteroatoms. The Morgan fingerprint density at radius 2 is 1.89 bits per heavy atom. The first kappa shape index (κ1) is 14.6. The highest BCUT2D eigenvalue weighted by molar-refractivity contribution is 9.10. The number of methoxy groups -OCH3 is 2. The lowest BCUT2D eigenvalue weighted by Crippen LogP contribution is -1.98. The fraction of sp³-hybridized carbons (Fsp3) is 0.308. The van der Waals surface area contributed by atoms with Crippen molar-refractivity contribution in [1.29, 1.82) is 0 Å². The van der Waals surface area contributed by atoms with Crippen molar-refractivity contribution in [2.45, 2.75) is 6.92 Å². The lowest BCUT2D eigenvalue weighted by Gasteiger charge is -2.09. The van der Waals surface area contributed by atoms with Crippen molar-refractivity contribution in [2.75, 3.05) is 20.8 Å². The molecule has 0 aliphatic rings. The molecule has 0 radical (unpaired) electrons. The van der Waals surface area contributed by atoms with Crippen LogP contribution < -0.4 is 9.47 Å². The van der Waals surface area contributed by atoms with Crippen LogP contribution in [0.1, 0.15) is 12.5 Å². The van der Waals surface area contributed by atoms with Crippen LogP contribution in [-0.2, 0) is 9.53 Å². The lowest BCUT2D eigenvalue weighted by molar-refractivity contribution is -0.137. The smallest absolute Gasteiger partial charge is 0.330 e. The molecule has 0 saturated heterocycles. The summed E-state index contributed by atoms with van der Waals surface area (Å²) < 4.78 is 16.0. The summed E-state index contributed by atoms with van der Waals surface area (Å²) in [7, 11) is 3.13. The predicted molar refractivity (Wildman–Crippen MR) is 72.9 cm³/mol. The zero-order valence-electron chi connectivity index (χ0n) is 10.5. The van der Waals surface area contributed by atoms with Gasteiger partial charge in [0.2, 0.25) is 0 Å².